The Morgan fingerprint density at radius 1 is 1.27 bits per heavy atom. The molecule has 1 rings (SSSR count). The first-order valence-corrected chi connectivity index (χ1v) is 5.65. The lowest BCUT2D eigenvalue weighted by molar-refractivity contribution is 0.242. The molecule has 0 aliphatic carbocycles. The molecule has 0 bridgehead atoms. The van der Waals surface area contributed by atoms with Gasteiger partial charge >= 0.3 is 0 Å². The minimum Gasteiger partial charge on any atom is -0.491 e. The summed E-state index contributed by atoms with van der Waals surface area (Å²) in [5.41, 5.74) is 1.24. The molecule has 0 amide bonds. The molecule has 1 aromatic rings. The second-order valence-electron chi connectivity index (χ2n) is 3.94. The summed E-state index contributed by atoms with van der Waals surface area (Å²) < 4.78 is 5.56. The first-order valence-electron chi connectivity index (χ1n) is 5.12. The molecule has 0 unspecified atom stereocenters. The van der Waals surface area contributed by atoms with Gasteiger partial charge in [-0.05, 0) is 38.6 Å². The van der Waals surface area contributed by atoms with E-state index in [-0.39, 0.29) is 6.10 Å². The average molecular weight is 228 g/mol. The highest BCUT2D eigenvalue weighted by Gasteiger charge is 2.00. The van der Waals surface area contributed by atoms with Crippen LogP contribution < -0.4 is 4.74 Å². The molecule has 0 aliphatic heterocycles. The van der Waals surface area contributed by atoms with Gasteiger partial charge in [0.15, 0.2) is 0 Å². The maximum absolute atomic E-state index is 5.70. The second-order valence-corrected chi connectivity index (χ2v) is 4.18. The normalized spacial score (nSPS) is 11.1. The summed E-state index contributed by atoms with van der Waals surface area (Å²) in [6.07, 6.45) is 0.223. The summed E-state index contributed by atoms with van der Waals surface area (Å²) in [5, 5.41) is 0. The molecular weight excluding hydrogens is 210 g/mol. The van der Waals surface area contributed by atoms with Gasteiger partial charge in [0, 0.05) is 6.54 Å². The fourth-order valence-electron chi connectivity index (χ4n) is 1.30. The quantitative estimate of drug-likeness (QED) is 0.566. The van der Waals surface area contributed by atoms with Crippen LogP contribution in [-0.2, 0) is 6.54 Å². The molecule has 0 atom stereocenters. The van der Waals surface area contributed by atoms with Crippen LogP contribution in [0.5, 0.6) is 5.75 Å². The highest BCUT2D eigenvalue weighted by atomic mass is 35.5. The summed E-state index contributed by atoms with van der Waals surface area (Å²) >= 11 is 5.70. The highest BCUT2D eigenvalue weighted by Crippen LogP contribution is 2.14. The number of ether oxygens (including phenoxy) is 1. The number of hydrogen-bond acceptors (Lipinski definition) is 2. The first kappa shape index (κ1) is 12.3. The van der Waals surface area contributed by atoms with E-state index in [0.29, 0.717) is 6.00 Å². The van der Waals surface area contributed by atoms with Crippen molar-refractivity contribution < 1.29 is 4.74 Å². The SMILES string of the molecule is CC(C)Oc1ccc(CN(C)CCl)cc1. The molecule has 84 valence electrons. The van der Waals surface area contributed by atoms with Crippen LogP contribution in [-0.4, -0.2) is 24.1 Å². The van der Waals surface area contributed by atoms with E-state index < -0.39 is 0 Å². The van der Waals surface area contributed by atoms with Gasteiger partial charge in [-0.15, -0.1) is 11.6 Å². The Labute approximate surface area is 96.8 Å². The maximum Gasteiger partial charge on any atom is 0.119 e. The zero-order valence-corrected chi connectivity index (χ0v) is 10.3. The third-order valence-corrected chi connectivity index (χ3v) is 2.36. The van der Waals surface area contributed by atoms with Crippen LogP contribution in [0.3, 0.4) is 0 Å². The smallest absolute Gasteiger partial charge is 0.119 e. The third kappa shape index (κ3) is 4.54. The molecule has 0 spiro atoms. The Bertz CT molecular complexity index is 284. The molecular formula is C12H18ClNO. The fraction of sp³-hybridized carbons (Fsp3) is 0.500. The van der Waals surface area contributed by atoms with Gasteiger partial charge in [0.2, 0.25) is 0 Å². The van der Waals surface area contributed by atoms with E-state index in [1.165, 1.54) is 5.56 Å². The monoisotopic (exact) mass is 227 g/mol. The van der Waals surface area contributed by atoms with E-state index in [9.17, 15) is 0 Å². The highest BCUT2D eigenvalue weighted by molar-refractivity contribution is 6.17. The number of alkyl halides is 1. The molecule has 15 heavy (non-hydrogen) atoms. The number of hydrogen-bond donors (Lipinski definition) is 0. The first-order chi connectivity index (χ1) is 7.11. The maximum atomic E-state index is 5.70. The zero-order valence-electron chi connectivity index (χ0n) is 9.53. The van der Waals surface area contributed by atoms with Crippen LogP contribution >= 0.6 is 11.6 Å². The largest absolute Gasteiger partial charge is 0.491 e. The van der Waals surface area contributed by atoms with Crippen LogP contribution in [0.1, 0.15) is 19.4 Å². The predicted octanol–water partition coefficient (Wildman–Crippen LogP) is 3.10. The molecule has 3 heteroatoms. The minimum absolute atomic E-state index is 0.223. The lowest BCUT2D eigenvalue weighted by atomic mass is 10.2. The Hall–Kier alpha value is -0.730. The molecule has 0 saturated carbocycles. The fourth-order valence-corrected chi connectivity index (χ4v) is 1.38. The van der Waals surface area contributed by atoms with Crippen molar-refractivity contribution in [2.24, 2.45) is 0 Å². The van der Waals surface area contributed by atoms with E-state index in [1.54, 1.807) is 0 Å². The molecule has 1 aromatic carbocycles. The molecule has 0 heterocycles. The summed E-state index contributed by atoms with van der Waals surface area (Å²) in [6.45, 7) is 4.91. The van der Waals surface area contributed by atoms with Gasteiger partial charge in [0.25, 0.3) is 0 Å². The molecule has 0 saturated heterocycles. The van der Waals surface area contributed by atoms with Crippen molar-refractivity contribution >= 4 is 11.6 Å². The lowest BCUT2D eigenvalue weighted by Crippen LogP contribution is -2.15. The summed E-state index contributed by atoms with van der Waals surface area (Å²) in [7, 11) is 1.99. The Morgan fingerprint density at radius 2 is 1.87 bits per heavy atom. The number of benzene rings is 1. The van der Waals surface area contributed by atoms with Crippen molar-refractivity contribution in [2.75, 3.05) is 13.1 Å². The van der Waals surface area contributed by atoms with Crippen LogP contribution in [0.15, 0.2) is 24.3 Å². The van der Waals surface area contributed by atoms with Crippen LogP contribution in [0.4, 0.5) is 0 Å². The van der Waals surface area contributed by atoms with Crippen molar-refractivity contribution in [3.63, 3.8) is 0 Å². The standard InChI is InChI=1S/C12H18ClNO/c1-10(2)15-12-6-4-11(5-7-12)8-14(3)9-13/h4-7,10H,8-9H2,1-3H3. The van der Waals surface area contributed by atoms with Gasteiger partial charge in [-0.25, -0.2) is 0 Å². The van der Waals surface area contributed by atoms with E-state index in [4.69, 9.17) is 16.3 Å². The average Bonchev–Trinajstić information content (AvgIpc) is 2.20. The van der Waals surface area contributed by atoms with Crippen molar-refractivity contribution in [3.05, 3.63) is 29.8 Å². The number of nitrogens with zero attached hydrogens (tertiary/aromatic N) is 1. The van der Waals surface area contributed by atoms with Gasteiger partial charge in [-0.2, -0.15) is 0 Å². The molecule has 0 fully saturated rings. The van der Waals surface area contributed by atoms with Gasteiger partial charge in [-0.1, -0.05) is 12.1 Å². The van der Waals surface area contributed by atoms with Gasteiger partial charge in [-0.3, -0.25) is 4.90 Å². The second kappa shape index (κ2) is 5.99. The van der Waals surface area contributed by atoms with Crippen molar-refractivity contribution in [1.29, 1.82) is 0 Å². The van der Waals surface area contributed by atoms with Gasteiger partial charge in [0.1, 0.15) is 5.75 Å². The summed E-state index contributed by atoms with van der Waals surface area (Å²) in [6, 6.07) is 8.68. The van der Waals surface area contributed by atoms with E-state index in [1.807, 2.05) is 37.9 Å². The molecule has 0 aromatic heterocycles. The third-order valence-electron chi connectivity index (χ3n) is 1.95. The van der Waals surface area contributed by atoms with Crippen molar-refractivity contribution in [2.45, 2.75) is 26.5 Å². The van der Waals surface area contributed by atoms with Gasteiger partial charge in [0.05, 0.1) is 12.1 Å². The number of rotatable bonds is 5. The molecule has 2 nitrogen and oxygen atoms in total. The lowest BCUT2D eigenvalue weighted by Gasteiger charge is -2.13. The Kier molecular flexibility index (Phi) is 4.92. The number of halogens is 1. The van der Waals surface area contributed by atoms with Crippen molar-refractivity contribution in [3.8, 4) is 5.75 Å². The van der Waals surface area contributed by atoms with Gasteiger partial charge < -0.3 is 4.74 Å². The van der Waals surface area contributed by atoms with E-state index >= 15 is 0 Å². The predicted molar refractivity (Wildman–Crippen MR) is 64.4 cm³/mol. The van der Waals surface area contributed by atoms with E-state index in [2.05, 4.69) is 12.1 Å². The minimum atomic E-state index is 0.223. The Morgan fingerprint density at radius 3 is 2.33 bits per heavy atom. The molecule has 0 radical (unpaired) electrons. The summed E-state index contributed by atoms with van der Waals surface area (Å²) in [4.78, 5) is 2.04. The van der Waals surface area contributed by atoms with Crippen LogP contribution in [0, 0.1) is 0 Å². The zero-order chi connectivity index (χ0) is 11.3. The van der Waals surface area contributed by atoms with Crippen molar-refractivity contribution in [1.82, 2.24) is 4.90 Å². The topological polar surface area (TPSA) is 12.5 Å². The van der Waals surface area contributed by atoms with Crippen LogP contribution in [0.2, 0.25) is 0 Å². The van der Waals surface area contributed by atoms with Crippen LogP contribution in [0.25, 0.3) is 0 Å². The van der Waals surface area contributed by atoms with E-state index in [0.717, 1.165) is 12.3 Å². The Balaban J connectivity index is 2.56. The summed E-state index contributed by atoms with van der Waals surface area (Å²) in [5.74, 6) is 0.919. The molecule has 0 N–H and O–H groups in total. The molecule has 0 aliphatic rings.